The zero-order chi connectivity index (χ0) is 11.4. The Kier molecular flexibility index (Phi) is 4.15. The molecule has 0 aliphatic carbocycles. The predicted octanol–water partition coefficient (Wildman–Crippen LogP) is 2.95. The molecule has 0 heterocycles. The fourth-order valence-electron chi connectivity index (χ4n) is 1.37. The second-order valence-corrected chi connectivity index (χ2v) is 4.09. The first kappa shape index (κ1) is 12.0. The van der Waals surface area contributed by atoms with E-state index in [4.69, 9.17) is 4.74 Å². The summed E-state index contributed by atoms with van der Waals surface area (Å²) >= 11 is 2.91. The monoisotopic (exact) mass is 271 g/mol. The molecule has 0 atom stereocenters. The summed E-state index contributed by atoms with van der Waals surface area (Å²) in [6.07, 6.45) is 0. The number of aryl methyl sites for hydroxylation is 1. The molecule has 1 rings (SSSR count). The average molecular weight is 272 g/mol. The van der Waals surface area contributed by atoms with E-state index in [9.17, 15) is 4.79 Å². The van der Waals surface area contributed by atoms with Crippen LogP contribution in [0.15, 0.2) is 18.2 Å². The van der Waals surface area contributed by atoms with E-state index in [1.54, 1.807) is 19.1 Å². The highest BCUT2D eigenvalue weighted by Crippen LogP contribution is 2.19. The van der Waals surface area contributed by atoms with E-state index >= 15 is 0 Å². The molecule has 1 aromatic rings. The SMILES string of the molecule is COc1ccc(CN(C)C(=O)Br)cc1C. The summed E-state index contributed by atoms with van der Waals surface area (Å²) in [4.78, 5) is 12.5. The van der Waals surface area contributed by atoms with Gasteiger partial charge in [-0.05, 0) is 24.1 Å². The van der Waals surface area contributed by atoms with Crippen molar-refractivity contribution in [1.29, 1.82) is 0 Å². The van der Waals surface area contributed by atoms with Gasteiger partial charge in [-0.25, -0.2) is 0 Å². The van der Waals surface area contributed by atoms with Gasteiger partial charge >= 0.3 is 0 Å². The Labute approximate surface area is 98.2 Å². The normalized spacial score (nSPS) is 9.87. The predicted molar refractivity (Wildman–Crippen MR) is 63.5 cm³/mol. The summed E-state index contributed by atoms with van der Waals surface area (Å²) in [6.45, 7) is 2.58. The lowest BCUT2D eigenvalue weighted by molar-refractivity contribution is 0.233. The highest BCUT2D eigenvalue weighted by Gasteiger charge is 2.06. The molecular formula is C11H14BrNO2. The third-order valence-corrected chi connectivity index (χ3v) is 2.78. The van der Waals surface area contributed by atoms with Crippen LogP contribution < -0.4 is 4.74 Å². The first-order valence-corrected chi connectivity index (χ1v) is 5.38. The average Bonchev–Trinajstić information content (AvgIpc) is 2.18. The number of benzene rings is 1. The van der Waals surface area contributed by atoms with Crippen LogP contribution in [0.2, 0.25) is 0 Å². The molecule has 0 fully saturated rings. The molecule has 0 bridgehead atoms. The van der Waals surface area contributed by atoms with Crippen molar-refractivity contribution >= 4 is 20.7 Å². The van der Waals surface area contributed by atoms with E-state index in [0.717, 1.165) is 16.9 Å². The van der Waals surface area contributed by atoms with E-state index in [1.807, 2.05) is 25.1 Å². The fourth-order valence-corrected chi connectivity index (χ4v) is 1.50. The van der Waals surface area contributed by atoms with Gasteiger partial charge in [0.15, 0.2) is 0 Å². The summed E-state index contributed by atoms with van der Waals surface area (Å²) < 4.78 is 5.16. The van der Waals surface area contributed by atoms with E-state index in [1.165, 1.54) is 0 Å². The highest BCUT2D eigenvalue weighted by atomic mass is 79.9. The molecule has 0 aromatic heterocycles. The van der Waals surface area contributed by atoms with Crippen LogP contribution in [-0.2, 0) is 6.54 Å². The molecule has 3 nitrogen and oxygen atoms in total. The van der Waals surface area contributed by atoms with Crippen molar-refractivity contribution in [2.24, 2.45) is 0 Å². The third-order valence-electron chi connectivity index (χ3n) is 2.18. The van der Waals surface area contributed by atoms with Crippen molar-refractivity contribution < 1.29 is 9.53 Å². The standard InChI is InChI=1S/C11H14BrNO2/c1-8-6-9(4-5-10(8)15-3)7-13(2)11(12)14/h4-6H,7H2,1-3H3. The maximum atomic E-state index is 11.0. The Morgan fingerprint density at radius 1 is 1.53 bits per heavy atom. The molecule has 0 radical (unpaired) electrons. The smallest absolute Gasteiger partial charge is 0.289 e. The lowest BCUT2D eigenvalue weighted by Crippen LogP contribution is -2.19. The van der Waals surface area contributed by atoms with Crippen molar-refractivity contribution in [2.75, 3.05) is 14.2 Å². The number of rotatable bonds is 3. The van der Waals surface area contributed by atoms with Crippen LogP contribution in [0.1, 0.15) is 11.1 Å². The second kappa shape index (κ2) is 5.16. The Bertz CT molecular complexity index is 366. The summed E-state index contributed by atoms with van der Waals surface area (Å²) in [5.41, 5.74) is 2.16. The molecule has 0 N–H and O–H groups in total. The number of hydrogen-bond donors (Lipinski definition) is 0. The first-order valence-electron chi connectivity index (χ1n) is 4.58. The number of methoxy groups -OCH3 is 1. The summed E-state index contributed by atoms with van der Waals surface area (Å²) in [7, 11) is 3.40. The molecule has 4 heteroatoms. The van der Waals surface area contributed by atoms with Gasteiger partial charge in [-0.3, -0.25) is 4.79 Å². The van der Waals surface area contributed by atoms with Gasteiger partial charge in [0, 0.05) is 29.5 Å². The van der Waals surface area contributed by atoms with Gasteiger partial charge in [0.2, 0.25) is 0 Å². The van der Waals surface area contributed by atoms with E-state index < -0.39 is 0 Å². The van der Waals surface area contributed by atoms with Crippen LogP contribution in [0.5, 0.6) is 5.75 Å². The lowest BCUT2D eigenvalue weighted by atomic mass is 10.1. The molecular weight excluding hydrogens is 258 g/mol. The molecule has 0 aliphatic heterocycles. The van der Waals surface area contributed by atoms with Gasteiger partial charge < -0.3 is 9.64 Å². The van der Waals surface area contributed by atoms with Crippen LogP contribution in [0, 0.1) is 6.92 Å². The highest BCUT2D eigenvalue weighted by molar-refractivity contribution is 9.18. The molecule has 0 unspecified atom stereocenters. The minimum atomic E-state index is -0.115. The topological polar surface area (TPSA) is 29.5 Å². The van der Waals surface area contributed by atoms with Crippen LogP contribution >= 0.6 is 15.9 Å². The number of carbonyl (C=O) groups excluding carboxylic acids is 1. The number of carbonyl (C=O) groups is 1. The quantitative estimate of drug-likeness (QED) is 0.625. The minimum Gasteiger partial charge on any atom is -0.496 e. The largest absolute Gasteiger partial charge is 0.496 e. The van der Waals surface area contributed by atoms with E-state index in [-0.39, 0.29) is 4.82 Å². The Balaban J connectivity index is 2.79. The zero-order valence-electron chi connectivity index (χ0n) is 9.08. The maximum absolute atomic E-state index is 11.0. The number of nitrogens with zero attached hydrogens (tertiary/aromatic N) is 1. The molecule has 0 saturated heterocycles. The van der Waals surface area contributed by atoms with Crippen molar-refractivity contribution in [2.45, 2.75) is 13.5 Å². The molecule has 15 heavy (non-hydrogen) atoms. The van der Waals surface area contributed by atoms with Gasteiger partial charge in [-0.15, -0.1) is 0 Å². The van der Waals surface area contributed by atoms with Crippen LogP contribution in [0.25, 0.3) is 0 Å². The number of halogens is 1. The fraction of sp³-hybridized carbons (Fsp3) is 0.364. The van der Waals surface area contributed by atoms with E-state index in [0.29, 0.717) is 6.54 Å². The number of amides is 1. The zero-order valence-corrected chi connectivity index (χ0v) is 10.7. The molecule has 0 spiro atoms. The molecule has 1 amide bonds. The van der Waals surface area contributed by atoms with Crippen LogP contribution in [0.4, 0.5) is 4.79 Å². The minimum absolute atomic E-state index is 0.115. The molecule has 82 valence electrons. The summed E-state index contributed by atoms with van der Waals surface area (Å²) in [5, 5.41) is 0. The van der Waals surface area contributed by atoms with Gasteiger partial charge in [0.25, 0.3) is 4.82 Å². The lowest BCUT2D eigenvalue weighted by Gasteiger charge is -2.14. The van der Waals surface area contributed by atoms with Crippen LogP contribution in [-0.4, -0.2) is 23.9 Å². The van der Waals surface area contributed by atoms with Gasteiger partial charge in [0.1, 0.15) is 5.75 Å². The maximum Gasteiger partial charge on any atom is 0.289 e. The van der Waals surface area contributed by atoms with Gasteiger partial charge in [0.05, 0.1) is 7.11 Å². The first-order chi connectivity index (χ1) is 7.04. The Morgan fingerprint density at radius 2 is 2.20 bits per heavy atom. The molecule has 0 saturated carbocycles. The summed E-state index contributed by atoms with van der Waals surface area (Å²) in [5.74, 6) is 0.867. The van der Waals surface area contributed by atoms with Gasteiger partial charge in [-0.1, -0.05) is 12.1 Å². The third kappa shape index (κ3) is 3.23. The number of ether oxygens (including phenoxy) is 1. The Morgan fingerprint density at radius 3 is 2.67 bits per heavy atom. The number of hydrogen-bond acceptors (Lipinski definition) is 2. The van der Waals surface area contributed by atoms with Gasteiger partial charge in [-0.2, -0.15) is 0 Å². The Hall–Kier alpha value is -1.03. The summed E-state index contributed by atoms with van der Waals surface area (Å²) in [6, 6.07) is 5.89. The molecule has 1 aromatic carbocycles. The van der Waals surface area contributed by atoms with Crippen LogP contribution in [0.3, 0.4) is 0 Å². The molecule has 0 aliphatic rings. The van der Waals surface area contributed by atoms with Crippen molar-refractivity contribution in [3.05, 3.63) is 29.3 Å². The van der Waals surface area contributed by atoms with E-state index in [2.05, 4.69) is 15.9 Å². The second-order valence-electron chi connectivity index (χ2n) is 3.41. The van der Waals surface area contributed by atoms with Crippen molar-refractivity contribution in [3.63, 3.8) is 0 Å². The van der Waals surface area contributed by atoms with Crippen molar-refractivity contribution in [3.8, 4) is 5.75 Å². The van der Waals surface area contributed by atoms with Crippen molar-refractivity contribution in [1.82, 2.24) is 4.90 Å².